The number of rotatable bonds is 6. The average Bonchev–Trinajstić information content (AvgIpc) is 2.28. The molecule has 0 spiro atoms. The highest BCUT2D eigenvalue weighted by Crippen LogP contribution is 2.18. The number of ether oxygens (including phenoxy) is 1. The van der Waals surface area contributed by atoms with E-state index in [4.69, 9.17) is 9.84 Å². The van der Waals surface area contributed by atoms with Gasteiger partial charge in [0.2, 0.25) is 0 Å². The first-order chi connectivity index (χ1) is 7.69. The van der Waals surface area contributed by atoms with Crippen LogP contribution in [-0.2, 0) is 4.79 Å². The van der Waals surface area contributed by atoms with E-state index in [0.717, 1.165) is 17.7 Å². The maximum Gasteiger partial charge on any atom is 0.325 e. The molecule has 1 unspecified atom stereocenters. The predicted molar refractivity (Wildman–Crippen MR) is 61.7 cm³/mol. The molecule has 1 aromatic rings. The monoisotopic (exact) mass is 223 g/mol. The Labute approximate surface area is 95.2 Å². The number of aliphatic carboxylic acids is 1. The summed E-state index contributed by atoms with van der Waals surface area (Å²) >= 11 is 0. The van der Waals surface area contributed by atoms with Crippen molar-refractivity contribution >= 4 is 5.97 Å². The molecule has 0 bridgehead atoms. The minimum atomic E-state index is -0.885. The Morgan fingerprint density at radius 1 is 1.44 bits per heavy atom. The van der Waals surface area contributed by atoms with Crippen LogP contribution in [0.2, 0.25) is 0 Å². The number of hydrogen-bond acceptors (Lipinski definition) is 3. The Kier molecular flexibility index (Phi) is 4.79. The first-order valence-corrected chi connectivity index (χ1v) is 5.32. The van der Waals surface area contributed by atoms with Gasteiger partial charge in [-0.1, -0.05) is 19.1 Å². The van der Waals surface area contributed by atoms with E-state index in [0.29, 0.717) is 6.61 Å². The van der Waals surface area contributed by atoms with Gasteiger partial charge in [-0.25, -0.2) is 0 Å². The van der Waals surface area contributed by atoms with Crippen LogP contribution in [0.15, 0.2) is 24.3 Å². The van der Waals surface area contributed by atoms with E-state index in [2.05, 4.69) is 5.32 Å². The number of carboxylic acid groups (broad SMARTS) is 1. The average molecular weight is 223 g/mol. The molecule has 16 heavy (non-hydrogen) atoms. The van der Waals surface area contributed by atoms with Gasteiger partial charge in [-0.05, 0) is 31.2 Å². The van der Waals surface area contributed by atoms with Crippen LogP contribution in [0.1, 0.15) is 24.9 Å². The molecule has 0 aliphatic carbocycles. The van der Waals surface area contributed by atoms with Crippen molar-refractivity contribution in [1.82, 2.24) is 5.32 Å². The van der Waals surface area contributed by atoms with E-state index < -0.39 is 12.0 Å². The number of hydrogen-bond donors (Lipinski definition) is 2. The molecule has 0 aliphatic heterocycles. The van der Waals surface area contributed by atoms with Crippen molar-refractivity contribution in [2.45, 2.75) is 19.4 Å². The Morgan fingerprint density at radius 3 is 2.50 bits per heavy atom. The number of nitrogens with one attached hydrogen (secondary N) is 1. The molecule has 0 aromatic heterocycles. The van der Waals surface area contributed by atoms with E-state index in [1.807, 2.05) is 6.92 Å². The van der Waals surface area contributed by atoms with Crippen LogP contribution >= 0.6 is 0 Å². The zero-order chi connectivity index (χ0) is 12.0. The molecule has 1 atom stereocenters. The smallest absolute Gasteiger partial charge is 0.325 e. The first-order valence-electron chi connectivity index (χ1n) is 5.32. The summed E-state index contributed by atoms with van der Waals surface area (Å²) in [7, 11) is 1.63. The molecular weight excluding hydrogens is 206 g/mol. The van der Waals surface area contributed by atoms with Crippen molar-refractivity contribution < 1.29 is 14.6 Å². The summed E-state index contributed by atoms with van der Waals surface area (Å²) < 4.78 is 5.42. The maximum absolute atomic E-state index is 10.9. The summed E-state index contributed by atoms with van der Waals surface area (Å²) in [6, 6.07) is 6.44. The summed E-state index contributed by atoms with van der Waals surface area (Å²) in [5.41, 5.74) is 0.721. The SMILES string of the molecule is CCCOc1ccc(C(NC)C(=O)O)cc1. The Balaban J connectivity index is 2.73. The second-order valence-electron chi connectivity index (χ2n) is 3.48. The van der Waals surface area contributed by atoms with E-state index in [1.165, 1.54) is 0 Å². The summed E-state index contributed by atoms with van der Waals surface area (Å²) in [5.74, 6) is -0.115. The fourth-order valence-corrected chi connectivity index (χ4v) is 1.41. The van der Waals surface area contributed by atoms with Crippen LogP contribution in [-0.4, -0.2) is 24.7 Å². The van der Waals surface area contributed by atoms with E-state index in [-0.39, 0.29) is 0 Å². The largest absolute Gasteiger partial charge is 0.494 e. The van der Waals surface area contributed by atoms with E-state index in [9.17, 15) is 4.79 Å². The fourth-order valence-electron chi connectivity index (χ4n) is 1.41. The summed E-state index contributed by atoms with van der Waals surface area (Å²) in [5, 5.41) is 11.7. The van der Waals surface area contributed by atoms with Gasteiger partial charge in [0.15, 0.2) is 0 Å². The van der Waals surface area contributed by atoms with Crippen molar-refractivity contribution in [3.05, 3.63) is 29.8 Å². The van der Waals surface area contributed by atoms with Gasteiger partial charge in [-0.2, -0.15) is 0 Å². The van der Waals surface area contributed by atoms with E-state index in [1.54, 1.807) is 31.3 Å². The van der Waals surface area contributed by atoms with Gasteiger partial charge >= 0.3 is 5.97 Å². The molecule has 0 amide bonds. The predicted octanol–water partition coefficient (Wildman–Crippen LogP) is 1.82. The lowest BCUT2D eigenvalue weighted by Crippen LogP contribution is -2.24. The van der Waals surface area contributed by atoms with Gasteiger partial charge < -0.3 is 15.2 Å². The molecule has 88 valence electrons. The minimum absolute atomic E-state index is 0.666. The summed E-state index contributed by atoms with van der Waals surface area (Å²) in [4.78, 5) is 10.9. The summed E-state index contributed by atoms with van der Waals surface area (Å²) in [6.07, 6.45) is 0.954. The highest BCUT2D eigenvalue weighted by Gasteiger charge is 2.16. The van der Waals surface area contributed by atoms with Gasteiger partial charge in [0.25, 0.3) is 0 Å². The quantitative estimate of drug-likeness (QED) is 0.772. The van der Waals surface area contributed by atoms with Crippen LogP contribution < -0.4 is 10.1 Å². The number of carboxylic acids is 1. The molecule has 2 N–H and O–H groups in total. The Hall–Kier alpha value is -1.55. The third kappa shape index (κ3) is 3.24. The Morgan fingerprint density at radius 2 is 2.06 bits per heavy atom. The molecule has 0 aliphatic rings. The van der Waals surface area contributed by atoms with Crippen molar-refractivity contribution in [3.63, 3.8) is 0 Å². The van der Waals surface area contributed by atoms with E-state index >= 15 is 0 Å². The number of benzene rings is 1. The lowest BCUT2D eigenvalue weighted by atomic mass is 10.1. The van der Waals surface area contributed by atoms with Crippen molar-refractivity contribution in [2.24, 2.45) is 0 Å². The lowest BCUT2D eigenvalue weighted by molar-refractivity contribution is -0.139. The zero-order valence-electron chi connectivity index (χ0n) is 9.56. The molecule has 0 heterocycles. The minimum Gasteiger partial charge on any atom is -0.494 e. The molecule has 4 heteroatoms. The highest BCUT2D eigenvalue weighted by atomic mass is 16.5. The molecule has 0 radical (unpaired) electrons. The van der Waals surface area contributed by atoms with Crippen molar-refractivity contribution in [1.29, 1.82) is 0 Å². The van der Waals surface area contributed by atoms with Gasteiger partial charge in [-0.3, -0.25) is 4.79 Å². The molecule has 0 saturated carbocycles. The van der Waals surface area contributed by atoms with Crippen LogP contribution in [0.25, 0.3) is 0 Å². The standard InChI is InChI=1S/C12H17NO3/c1-3-8-16-10-6-4-9(5-7-10)11(13-2)12(14)15/h4-7,11,13H,3,8H2,1-2H3,(H,14,15). The van der Waals surface area contributed by atoms with Gasteiger partial charge in [-0.15, -0.1) is 0 Å². The number of carbonyl (C=O) groups is 1. The molecule has 0 saturated heterocycles. The fraction of sp³-hybridized carbons (Fsp3) is 0.417. The van der Waals surface area contributed by atoms with Crippen molar-refractivity contribution in [2.75, 3.05) is 13.7 Å². The second-order valence-corrected chi connectivity index (χ2v) is 3.48. The van der Waals surface area contributed by atoms with Gasteiger partial charge in [0.1, 0.15) is 11.8 Å². The summed E-state index contributed by atoms with van der Waals surface area (Å²) in [6.45, 7) is 2.71. The first kappa shape index (κ1) is 12.5. The zero-order valence-corrected chi connectivity index (χ0v) is 9.56. The molecular formula is C12H17NO3. The third-order valence-corrected chi connectivity index (χ3v) is 2.22. The molecule has 4 nitrogen and oxygen atoms in total. The normalized spacial score (nSPS) is 12.1. The van der Waals surface area contributed by atoms with Crippen LogP contribution in [0.4, 0.5) is 0 Å². The Bertz CT molecular complexity index is 335. The molecule has 0 fully saturated rings. The second kappa shape index (κ2) is 6.12. The van der Waals surface area contributed by atoms with Gasteiger partial charge in [0.05, 0.1) is 6.61 Å². The molecule has 1 rings (SSSR count). The van der Waals surface area contributed by atoms with Crippen LogP contribution in [0.3, 0.4) is 0 Å². The number of likely N-dealkylation sites (N-methyl/N-ethyl adjacent to an activating group) is 1. The van der Waals surface area contributed by atoms with Crippen molar-refractivity contribution in [3.8, 4) is 5.75 Å². The van der Waals surface area contributed by atoms with Crippen LogP contribution in [0, 0.1) is 0 Å². The van der Waals surface area contributed by atoms with Gasteiger partial charge in [0, 0.05) is 0 Å². The maximum atomic E-state index is 10.9. The third-order valence-electron chi connectivity index (χ3n) is 2.22. The highest BCUT2D eigenvalue weighted by molar-refractivity contribution is 5.75. The lowest BCUT2D eigenvalue weighted by Gasteiger charge is -2.12. The van der Waals surface area contributed by atoms with Crippen LogP contribution in [0.5, 0.6) is 5.75 Å². The topological polar surface area (TPSA) is 58.6 Å². The molecule has 1 aromatic carbocycles.